The number of aryl methyl sites for hydroxylation is 1. The third-order valence-electron chi connectivity index (χ3n) is 3.86. The van der Waals surface area contributed by atoms with Crippen molar-refractivity contribution in [3.63, 3.8) is 0 Å². The minimum atomic E-state index is -0.244. The molecule has 1 N–H and O–H groups in total. The maximum Gasteiger partial charge on any atom is 0.276 e. The standard InChI is InChI=1S/C17H20N4O2/c1-2-13-5-3-4-6-14(13)18-17(22)15-7-8-16(20-19-15)21-9-11-23-12-10-21/h3-8H,2,9-12H2,1H3,(H,18,22). The number of nitrogens with one attached hydrogen (secondary N) is 1. The number of anilines is 2. The second-order valence-corrected chi connectivity index (χ2v) is 5.34. The van der Waals surface area contributed by atoms with Crippen molar-refractivity contribution in [2.45, 2.75) is 13.3 Å². The molecule has 6 heteroatoms. The van der Waals surface area contributed by atoms with Crippen molar-refractivity contribution in [3.05, 3.63) is 47.7 Å². The SMILES string of the molecule is CCc1ccccc1NC(=O)c1ccc(N2CCOCC2)nn1. The van der Waals surface area contributed by atoms with Crippen molar-refractivity contribution in [1.82, 2.24) is 10.2 Å². The molecular formula is C17H20N4O2. The molecule has 0 atom stereocenters. The van der Waals surface area contributed by atoms with Gasteiger partial charge in [-0.05, 0) is 30.2 Å². The molecule has 23 heavy (non-hydrogen) atoms. The number of carbonyl (C=O) groups is 1. The molecular weight excluding hydrogens is 292 g/mol. The Morgan fingerprint density at radius 2 is 1.96 bits per heavy atom. The molecule has 0 saturated carbocycles. The van der Waals surface area contributed by atoms with E-state index in [0.717, 1.165) is 36.6 Å². The predicted octanol–water partition coefficient (Wildman–Crippen LogP) is 2.13. The van der Waals surface area contributed by atoms with Gasteiger partial charge in [-0.1, -0.05) is 25.1 Å². The Hall–Kier alpha value is -2.47. The summed E-state index contributed by atoms with van der Waals surface area (Å²) in [5.41, 5.74) is 2.23. The van der Waals surface area contributed by atoms with Crippen LogP contribution in [0, 0.1) is 0 Å². The summed E-state index contributed by atoms with van der Waals surface area (Å²) < 4.78 is 5.32. The van der Waals surface area contributed by atoms with Crippen molar-refractivity contribution in [2.24, 2.45) is 0 Å². The van der Waals surface area contributed by atoms with E-state index in [4.69, 9.17) is 4.74 Å². The monoisotopic (exact) mass is 312 g/mol. The fraction of sp³-hybridized carbons (Fsp3) is 0.353. The summed E-state index contributed by atoms with van der Waals surface area (Å²) in [5, 5.41) is 11.1. The first-order valence-corrected chi connectivity index (χ1v) is 7.83. The molecule has 0 radical (unpaired) electrons. The number of ether oxygens (including phenoxy) is 1. The quantitative estimate of drug-likeness (QED) is 0.937. The highest BCUT2D eigenvalue weighted by Gasteiger charge is 2.15. The molecule has 2 heterocycles. The Bertz CT molecular complexity index is 667. The maximum absolute atomic E-state index is 12.3. The Labute approximate surface area is 135 Å². The van der Waals surface area contributed by atoms with E-state index in [-0.39, 0.29) is 5.91 Å². The van der Waals surface area contributed by atoms with Crippen LogP contribution in [0.25, 0.3) is 0 Å². The van der Waals surface area contributed by atoms with Crippen LogP contribution in [0.5, 0.6) is 0 Å². The Morgan fingerprint density at radius 1 is 1.17 bits per heavy atom. The lowest BCUT2D eigenvalue weighted by atomic mass is 10.1. The molecule has 6 nitrogen and oxygen atoms in total. The molecule has 0 bridgehead atoms. The number of aromatic nitrogens is 2. The van der Waals surface area contributed by atoms with Gasteiger partial charge in [-0.2, -0.15) is 0 Å². The maximum atomic E-state index is 12.3. The van der Waals surface area contributed by atoms with E-state index >= 15 is 0 Å². The van der Waals surface area contributed by atoms with Gasteiger partial charge in [0.15, 0.2) is 11.5 Å². The van der Waals surface area contributed by atoms with Gasteiger partial charge in [0.2, 0.25) is 0 Å². The van der Waals surface area contributed by atoms with Crippen LogP contribution in [-0.2, 0) is 11.2 Å². The van der Waals surface area contributed by atoms with Gasteiger partial charge in [-0.3, -0.25) is 4.79 Å². The molecule has 0 aliphatic carbocycles. The number of amides is 1. The Morgan fingerprint density at radius 3 is 2.65 bits per heavy atom. The number of hydrogen-bond donors (Lipinski definition) is 1. The van der Waals surface area contributed by atoms with Crippen molar-refractivity contribution < 1.29 is 9.53 Å². The Kier molecular flexibility index (Phi) is 4.83. The van der Waals surface area contributed by atoms with E-state index in [1.807, 2.05) is 30.3 Å². The summed E-state index contributed by atoms with van der Waals surface area (Å²) in [6.45, 7) is 5.03. The molecule has 120 valence electrons. The topological polar surface area (TPSA) is 67.4 Å². The summed E-state index contributed by atoms with van der Waals surface area (Å²) in [4.78, 5) is 14.4. The van der Waals surface area contributed by atoms with Crippen LogP contribution in [0.4, 0.5) is 11.5 Å². The van der Waals surface area contributed by atoms with E-state index < -0.39 is 0 Å². The lowest BCUT2D eigenvalue weighted by Gasteiger charge is -2.27. The summed E-state index contributed by atoms with van der Waals surface area (Å²) >= 11 is 0. The number of para-hydroxylation sites is 1. The third kappa shape index (κ3) is 3.65. The van der Waals surface area contributed by atoms with Crippen molar-refractivity contribution in [3.8, 4) is 0 Å². The summed E-state index contributed by atoms with van der Waals surface area (Å²) in [5.74, 6) is 0.533. The molecule has 3 rings (SSSR count). The van der Waals surface area contributed by atoms with E-state index in [9.17, 15) is 4.79 Å². The fourth-order valence-corrected chi connectivity index (χ4v) is 2.54. The lowest BCUT2D eigenvalue weighted by molar-refractivity contribution is 0.102. The van der Waals surface area contributed by atoms with E-state index in [1.54, 1.807) is 6.07 Å². The number of nitrogens with zero attached hydrogens (tertiary/aromatic N) is 3. The molecule has 1 aliphatic rings. The van der Waals surface area contributed by atoms with Gasteiger partial charge in [-0.15, -0.1) is 10.2 Å². The smallest absolute Gasteiger partial charge is 0.276 e. The van der Waals surface area contributed by atoms with Crippen LogP contribution >= 0.6 is 0 Å². The van der Waals surface area contributed by atoms with Gasteiger partial charge in [0.1, 0.15) is 0 Å². The molecule has 2 aromatic rings. The average Bonchev–Trinajstić information content (AvgIpc) is 2.63. The van der Waals surface area contributed by atoms with Crippen LogP contribution in [0.15, 0.2) is 36.4 Å². The van der Waals surface area contributed by atoms with Crippen molar-refractivity contribution >= 4 is 17.4 Å². The molecule has 1 saturated heterocycles. The number of benzene rings is 1. The number of morpholine rings is 1. The van der Waals surface area contributed by atoms with Gasteiger partial charge < -0.3 is 15.0 Å². The first-order chi connectivity index (χ1) is 11.3. The first kappa shape index (κ1) is 15.4. The largest absolute Gasteiger partial charge is 0.378 e. The van der Waals surface area contributed by atoms with Gasteiger partial charge >= 0.3 is 0 Å². The van der Waals surface area contributed by atoms with Gasteiger partial charge in [0.05, 0.1) is 13.2 Å². The molecule has 0 spiro atoms. The summed E-state index contributed by atoms with van der Waals surface area (Å²) in [7, 11) is 0. The van der Waals surface area contributed by atoms with Crippen LogP contribution in [-0.4, -0.2) is 42.4 Å². The highest BCUT2D eigenvalue weighted by molar-refractivity contribution is 6.03. The van der Waals surface area contributed by atoms with Crippen molar-refractivity contribution in [1.29, 1.82) is 0 Å². The fourth-order valence-electron chi connectivity index (χ4n) is 2.54. The number of hydrogen-bond acceptors (Lipinski definition) is 5. The zero-order valence-electron chi connectivity index (χ0n) is 13.2. The van der Waals surface area contributed by atoms with E-state index in [2.05, 4.69) is 27.3 Å². The molecule has 1 aromatic carbocycles. The predicted molar refractivity (Wildman–Crippen MR) is 88.8 cm³/mol. The van der Waals surface area contributed by atoms with Crippen molar-refractivity contribution in [2.75, 3.05) is 36.5 Å². The van der Waals surface area contributed by atoms with E-state index in [0.29, 0.717) is 18.9 Å². The summed E-state index contributed by atoms with van der Waals surface area (Å²) in [6, 6.07) is 11.3. The molecule has 1 fully saturated rings. The third-order valence-corrected chi connectivity index (χ3v) is 3.86. The molecule has 1 aliphatic heterocycles. The lowest BCUT2D eigenvalue weighted by Crippen LogP contribution is -2.37. The van der Waals surface area contributed by atoms with Crippen LogP contribution in [0.3, 0.4) is 0 Å². The first-order valence-electron chi connectivity index (χ1n) is 7.83. The zero-order chi connectivity index (χ0) is 16.1. The second-order valence-electron chi connectivity index (χ2n) is 5.34. The van der Waals surface area contributed by atoms with Gasteiger partial charge in [0, 0.05) is 18.8 Å². The second kappa shape index (κ2) is 7.19. The minimum absolute atomic E-state index is 0.244. The molecule has 1 amide bonds. The summed E-state index contributed by atoms with van der Waals surface area (Å²) in [6.07, 6.45) is 0.859. The Balaban J connectivity index is 1.70. The highest BCUT2D eigenvalue weighted by Crippen LogP contribution is 2.17. The molecule has 1 aromatic heterocycles. The van der Waals surface area contributed by atoms with Gasteiger partial charge in [-0.25, -0.2) is 0 Å². The van der Waals surface area contributed by atoms with Crippen LogP contribution in [0.1, 0.15) is 23.0 Å². The van der Waals surface area contributed by atoms with Crippen LogP contribution in [0.2, 0.25) is 0 Å². The van der Waals surface area contributed by atoms with Crippen LogP contribution < -0.4 is 10.2 Å². The average molecular weight is 312 g/mol. The number of carbonyl (C=O) groups excluding carboxylic acids is 1. The zero-order valence-corrected chi connectivity index (χ0v) is 13.2. The minimum Gasteiger partial charge on any atom is -0.378 e. The van der Waals surface area contributed by atoms with Gasteiger partial charge in [0.25, 0.3) is 5.91 Å². The van der Waals surface area contributed by atoms with E-state index in [1.165, 1.54) is 0 Å². The number of rotatable bonds is 4. The highest BCUT2D eigenvalue weighted by atomic mass is 16.5. The normalized spacial score (nSPS) is 14.6. The molecule has 0 unspecified atom stereocenters.